The number of esters is 1. The van der Waals surface area contributed by atoms with E-state index in [4.69, 9.17) is 0 Å². The number of halogens is 1. The van der Waals surface area contributed by atoms with E-state index < -0.39 is 0 Å². The Hall–Kier alpha value is -0.550. The molecule has 0 aromatic carbocycles. The second kappa shape index (κ2) is 6.03. The second-order valence-electron chi connectivity index (χ2n) is 2.48. The number of hydrogen-bond acceptors (Lipinski definition) is 4. The maximum absolute atomic E-state index is 11.0. The molecule has 5 heteroatoms. The zero-order chi connectivity index (χ0) is 10.4. The van der Waals surface area contributed by atoms with Gasteiger partial charge in [-0.2, -0.15) is 0 Å². The van der Waals surface area contributed by atoms with Crippen molar-refractivity contribution in [2.24, 2.45) is 0 Å². The third kappa shape index (κ3) is 3.67. The fraction of sp³-hybridized carbons (Fsp3) is 0.333. The standard InChI is InChI=1S/C9H10BrNO2S/c1-13-9(12)8(10)6-14-7-2-4-11-5-3-7/h2-5,8H,6H2,1H3. The minimum absolute atomic E-state index is 0.244. The molecular formula is C9H10BrNO2S. The van der Waals surface area contributed by atoms with E-state index in [9.17, 15) is 4.79 Å². The molecule has 1 rings (SSSR count). The third-order valence-corrected chi connectivity index (χ3v) is 3.73. The number of methoxy groups -OCH3 is 1. The minimum Gasteiger partial charge on any atom is -0.468 e. The average Bonchev–Trinajstić information content (AvgIpc) is 2.26. The fourth-order valence-corrected chi connectivity index (χ4v) is 2.17. The summed E-state index contributed by atoms with van der Waals surface area (Å²) in [6.07, 6.45) is 3.45. The lowest BCUT2D eigenvalue weighted by molar-refractivity contribution is -0.139. The molecule has 14 heavy (non-hydrogen) atoms. The smallest absolute Gasteiger partial charge is 0.320 e. The molecule has 76 valence electrons. The first-order chi connectivity index (χ1) is 6.74. The molecule has 0 aliphatic heterocycles. The summed E-state index contributed by atoms with van der Waals surface area (Å²) in [7, 11) is 1.38. The predicted molar refractivity (Wildman–Crippen MR) is 59.7 cm³/mol. The number of alkyl halides is 1. The first kappa shape index (κ1) is 11.5. The maximum Gasteiger partial charge on any atom is 0.320 e. The van der Waals surface area contributed by atoms with Crippen LogP contribution in [0, 0.1) is 0 Å². The van der Waals surface area contributed by atoms with Crippen LogP contribution in [0.4, 0.5) is 0 Å². The van der Waals surface area contributed by atoms with Gasteiger partial charge in [-0.05, 0) is 12.1 Å². The third-order valence-electron chi connectivity index (χ3n) is 1.50. The van der Waals surface area contributed by atoms with Crippen molar-refractivity contribution in [3.8, 4) is 0 Å². The summed E-state index contributed by atoms with van der Waals surface area (Å²) in [5.41, 5.74) is 0. The summed E-state index contributed by atoms with van der Waals surface area (Å²) in [5.74, 6) is 0.406. The lowest BCUT2D eigenvalue weighted by Gasteiger charge is -2.06. The highest BCUT2D eigenvalue weighted by Gasteiger charge is 2.14. The van der Waals surface area contributed by atoms with Crippen LogP contribution in [0.25, 0.3) is 0 Å². The quantitative estimate of drug-likeness (QED) is 0.479. The summed E-state index contributed by atoms with van der Waals surface area (Å²) < 4.78 is 4.59. The molecule has 1 unspecified atom stereocenters. The molecule has 1 aromatic rings. The molecule has 1 aromatic heterocycles. The molecule has 1 heterocycles. The van der Waals surface area contributed by atoms with Crippen LogP contribution in [-0.4, -0.2) is 28.6 Å². The van der Waals surface area contributed by atoms with E-state index in [0.717, 1.165) is 4.90 Å². The second-order valence-corrected chi connectivity index (χ2v) is 4.68. The van der Waals surface area contributed by atoms with E-state index in [2.05, 4.69) is 25.7 Å². The zero-order valence-corrected chi connectivity index (χ0v) is 10.0. The van der Waals surface area contributed by atoms with Crippen LogP contribution in [0.15, 0.2) is 29.4 Å². The van der Waals surface area contributed by atoms with Gasteiger partial charge in [-0.3, -0.25) is 9.78 Å². The van der Waals surface area contributed by atoms with E-state index in [1.807, 2.05) is 12.1 Å². The van der Waals surface area contributed by atoms with Gasteiger partial charge in [0.05, 0.1) is 7.11 Å². The van der Waals surface area contributed by atoms with Gasteiger partial charge in [0.25, 0.3) is 0 Å². The van der Waals surface area contributed by atoms with Crippen LogP contribution in [0.2, 0.25) is 0 Å². The number of pyridine rings is 1. The Balaban J connectivity index is 2.38. The van der Waals surface area contributed by atoms with Gasteiger partial charge >= 0.3 is 5.97 Å². The maximum atomic E-state index is 11.0. The van der Waals surface area contributed by atoms with Crippen LogP contribution in [0.5, 0.6) is 0 Å². The molecule has 0 N–H and O–H groups in total. The number of thioether (sulfide) groups is 1. The molecule has 3 nitrogen and oxygen atoms in total. The Morgan fingerprint density at radius 2 is 2.29 bits per heavy atom. The van der Waals surface area contributed by atoms with Crippen molar-refractivity contribution in [3.05, 3.63) is 24.5 Å². The highest BCUT2D eigenvalue weighted by molar-refractivity contribution is 9.10. The molecule has 0 saturated carbocycles. The molecular weight excluding hydrogens is 266 g/mol. The Morgan fingerprint density at radius 1 is 1.64 bits per heavy atom. The molecule has 0 saturated heterocycles. The van der Waals surface area contributed by atoms with Crippen molar-refractivity contribution in [2.45, 2.75) is 9.72 Å². The number of ether oxygens (including phenoxy) is 1. The van der Waals surface area contributed by atoms with Crippen molar-refractivity contribution >= 4 is 33.7 Å². The van der Waals surface area contributed by atoms with Crippen molar-refractivity contribution < 1.29 is 9.53 Å². The molecule has 0 aliphatic carbocycles. The first-order valence-corrected chi connectivity index (χ1v) is 5.89. The highest BCUT2D eigenvalue weighted by atomic mass is 79.9. The van der Waals surface area contributed by atoms with Crippen LogP contribution in [0.3, 0.4) is 0 Å². The lowest BCUT2D eigenvalue weighted by atomic mass is 10.5. The van der Waals surface area contributed by atoms with E-state index in [-0.39, 0.29) is 10.8 Å². The number of carbonyl (C=O) groups excluding carboxylic acids is 1. The van der Waals surface area contributed by atoms with Gasteiger partial charge in [0, 0.05) is 23.0 Å². The van der Waals surface area contributed by atoms with Crippen LogP contribution in [-0.2, 0) is 9.53 Å². The van der Waals surface area contributed by atoms with Crippen molar-refractivity contribution in [3.63, 3.8) is 0 Å². The van der Waals surface area contributed by atoms with Crippen LogP contribution in [0.1, 0.15) is 0 Å². The molecule has 0 spiro atoms. The van der Waals surface area contributed by atoms with E-state index in [0.29, 0.717) is 5.75 Å². The molecule has 0 bridgehead atoms. The molecule has 0 radical (unpaired) electrons. The minimum atomic E-state index is -0.259. The summed E-state index contributed by atoms with van der Waals surface area (Å²) in [6, 6.07) is 3.81. The van der Waals surface area contributed by atoms with Gasteiger partial charge in [0.1, 0.15) is 4.83 Å². The van der Waals surface area contributed by atoms with Crippen molar-refractivity contribution in [1.29, 1.82) is 0 Å². The van der Waals surface area contributed by atoms with Gasteiger partial charge in [-0.15, -0.1) is 11.8 Å². The number of nitrogens with zero attached hydrogens (tertiary/aromatic N) is 1. The number of hydrogen-bond donors (Lipinski definition) is 0. The van der Waals surface area contributed by atoms with E-state index in [1.54, 1.807) is 24.2 Å². The summed E-state index contributed by atoms with van der Waals surface area (Å²) in [6.45, 7) is 0. The van der Waals surface area contributed by atoms with Gasteiger partial charge in [-0.25, -0.2) is 0 Å². The predicted octanol–water partition coefficient (Wildman–Crippen LogP) is 2.11. The average molecular weight is 276 g/mol. The lowest BCUT2D eigenvalue weighted by Crippen LogP contribution is -2.17. The van der Waals surface area contributed by atoms with Gasteiger partial charge in [0.2, 0.25) is 0 Å². The first-order valence-electron chi connectivity index (χ1n) is 3.98. The van der Waals surface area contributed by atoms with Gasteiger partial charge in [0.15, 0.2) is 0 Å². The monoisotopic (exact) mass is 275 g/mol. The normalized spacial score (nSPS) is 12.1. The largest absolute Gasteiger partial charge is 0.468 e. The number of aromatic nitrogens is 1. The van der Waals surface area contributed by atoms with Crippen molar-refractivity contribution in [2.75, 3.05) is 12.9 Å². The Bertz CT molecular complexity index is 294. The Labute approximate surface area is 95.4 Å². The summed E-state index contributed by atoms with van der Waals surface area (Å²) in [4.78, 5) is 15.8. The van der Waals surface area contributed by atoms with Gasteiger partial charge in [-0.1, -0.05) is 15.9 Å². The summed E-state index contributed by atoms with van der Waals surface area (Å²) >= 11 is 4.83. The number of carbonyl (C=O) groups is 1. The SMILES string of the molecule is COC(=O)C(Br)CSc1ccncc1. The zero-order valence-electron chi connectivity index (χ0n) is 7.64. The van der Waals surface area contributed by atoms with Crippen molar-refractivity contribution in [1.82, 2.24) is 4.98 Å². The fourth-order valence-electron chi connectivity index (χ4n) is 0.800. The number of rotatable bonds is 4. The molecule has 0 fully saturated rings. The van der Waals surface area contributed by atoms with E-state index >= 15 is 0 Å². The van der Waals surface area contributed by atoms with Crippen LogP contribution < -0.4 is 0 Å². The van der Waals surface area contributed by atoms with Gasteiger partial charge < -0.3 is 4.74 Å². The Morgan fingerprint density at radius 3 is 2.86 bits per heavy atom. The van der Waals surface area contributed by atoms with E-state index in [1.165, 1.54) is 7.11 Å². The highest BCUT2D eigenvalue weighted by Crippen LogP contribution is 2.20. The van der Waals surface area contributed by atoms with Crippen LogP contribution >= 0.6 is 27.7 Å². The summed E-state index contributed by atoms with van der Waals surface area (Å²) in [5, 5.41) is 0. The topological polar surface area (TPSA) is 39.2 Å². The molecule has 0 amide bonds. The molecule has 1 atom stereocenters. The Kier molecular flexibility index (Phi) is 4.97. The molecule has 0 aliphatic rings.